The summed E-state index contributed by atoms with van der Waals surface area (Å²) < 4.78 is 33.3. The number of carbonyl (C=O) groups is 1. The van der Waals surface area contributed by atoms with E-state index in [2.05, 4.69) is 0 Å². The number of halogens is 2. The van der Waals surface area contributed by atoms with Crippen LogP contribution in [0.5, 0.6) is 5.75 Å². The molecule has 0 aromatic heterocycles. The minimum Gasteiger partial charge on any atom is -0.549 e. The molecule has 0 aliphatic heterocycles. The van der Waals surface area contributed by atoms with Crippen LogP contribution in [-0.4, -0.2) is 38.1 Å². The number of hydrogen-bond donors (Lipinski definition) is 0. The number of fused-ring (bicyclic) bond motifs is 1. The van der Waals surface area contributed by atoms with Crippen LogP contribution in [0.3, 0.4) is 0 Å². The number of aryl methyl sites for hydroxylation is 1. The molecule has 0 N–H and O–H groups in total. The first kappa shape index (κ1) is 22.4. The maximum Gasteiger partial charge on any atom is 1.00 e. The summed E-state index contributed by atoms with van der Waals surface area (Å²) >= 11 is 0. The van der Waals surface area contributed by atoms with E-state index in [1.807, 2.05) is 18.2 Å². The number of benzene rings is 2. The minimum atomic E-state index is -1.15. The number of nitrogens with zero attached hydrogens (tertiary/aromatic N) is 1. The molecule has 0 amide bonds. The second-order valence-corrected chi connectivity index (χ2v) is 7.08. The zero-order chi connectivity index (χ0) is 19.6. The smallest absolute Gasteiger partial charge is 0.549 e. The van der Waals surface area contributed by atoms with Crippen LogP contribution in [0, 0.1) is 17.6 Å². The van der Waals surface area contributed by atoms with Crippen molar-refractivity contribution in [2.45, 2.75) is 18.8 Å². The molecular weight excluding hydrogens is 359 g/mol. The van der Waals surface area contributed by atoms with Crippen molar-refractivity contribution in [3.63, 3.8) is 0 Å². The van der Waals surface area contributed by atoms with Crippen molar-refractivity contribution in [1.82, 2.24) is 4.90 Å². The van der Waals surface area contributed by atoms with Gasteiger partial charge in [0.05, 0.1) is 13.1 Å². The average molecular weight is 381 g/mol. The van der Waals surface area contributed by atoms with Crippen LogP contribution in [0.1, 0.15) is 29.0 Å². The summed E-state index contributed by atoms with van der Waals surface area (Å²) in [6.07, 6.45) is 1.55. The van der Waals surface area contributed by atoms with Gasteiger partial charge in [-0.2, -0.15) is 0 Å². The first-order valence-electron chi connectivity index (χ1n) is 8.89. The molecule has 0 radical (unpaired) electrons. The molecule has 2 atom stereocenters. The Hall–Kier alpha value is -1.87. The number of ether oxygens (including phenoxy) is 1. The molecule has 1 aliphatic carbocycles. The fourth-order valence-corrected chi connectivity index (χ4v) is 4.05. The van der Waals surface area contributed by atoms with Crippen LogP contribution >= 0.6 is 0 Å². The van der Waals surface area contributed by atoms with E-state index in [1.54, 1.807) is 19.1 Å². The van der Waals surface area contributed by atoms with Gasteiger partial charge < -0.3 is 19.5 Å². The van der Waals surface area contributed by atoms with Gasteiger partial charge in [0, 0.05) is 25.1 Å². The Labute approximate surface area is 175 Å². The van der Waals surface area contributed by atoms with Gasteiger partial charge in [-0.25, -0.2) is 8.78 Å². The molecule has 144 valence electrons. The summed E-state index contributed by atoms with van der Waals surface area (Å²) in [6.45, 7) is 0.283. The Kier molecular flexibility index (Phi) is 7.65. The van der Waals surface area contributed by atoms with Crippen molar-refractivity contribution < 1.29 is 42.3 Å². The topological polar surface area (TPSA) is 52.6 Å². The second kappa shape index (κ2) is 9.55. The van der Waals surface area contributed by atoms with Gasteiger partial charge in [-0.3, -0.25) is 0 Å². The Balaban J connectivity index is 0.00000280. The number of carboxylic acids is 1. The predicted octanol–water partition coefficient (Wildman–Crippen LogP) is -0.647. The second-order valence-electron chi connectivity index (χ2n) is 7.08. The number of rotatable bonds is 6. The molecule has 2 aromatic rings. The van der Waals surface area contributed by atoms with E-state index in [-0.39, 0.29) is 37.2 Å². The van der Waals surface area contributed by atoms with Gasteiger partial charge in [-0.05, 0) is 60.7 Å². The summed E-state index contributed by atoms with van der Waals surface area (Å²) in [7, 11) is 3.30. The third-order valence-electron chi connectivity index (χ3n) is 5.18. The predicted molar refractivity (Wildman–Crippen MR) is 95.5 cm³/mol. The maximum absolute atomic E-state index is 14.6. The quantitative estimate of drug-likeness (QED) is 0.625. The monoisotopic (exact) mass is 381 g/mol. The normalized spacial score (nSPS) is 18.3. The third-order valence-corrected chi connectivity index (χ3v) is 5.18. The van der Waals surface area contributed by atoms with Crippen molar-refractivity contribution in [2.24, 2.45) is 5.92 Å². The number of carboxylic acid groups (broad SMARTS) is 1. The van der Waals surface area contributed by atoms with Crippen LogP contribution in [0.4, 0.5) is 8.78 Å². The number of likely N-dealkylation sites (N-methyl/N-ethyl adjacent to an activating group) is 1. The van der Waals surface area contributed by atoms with Gasteiger partial charge in [0.2, 0.25) is 0 Å². The Morgan fingerprint density at radius 1 is 1.21 bits per heavy atom. The fraction of sp³-hybridized carbons (Fsp3) is 0.381. The van der Waals surface area contributed by atoms with Crippen LogP contribution in [0.2, 0.25) is 0 Å². The molecule has 4 nitrogen and oxygen atoms in total. The number of hydrogen-bond acceptors (Lipinski definition) is 4. The van der Waals surface area contributed by atoms with Crippen LogP contribution in [-0.2, 0) is 11.2 Å². The number of methoxy groups -OCH3 is 1. The van der Waals surface area contributed by atoms with E-state index < -0.39 is 17.6 Å². The summed E-state index contributed by atoms with van der Waals surface area (Å²) in [4.78, 5) is 12.6. The van der Waals surface area contributed by atoms with E-state index in [0.717, 1.165) is 35.8 Å². The number of carbonyl (C=O) groups excluding carboxylic acids is 1. The van der Waals surface area contributed by atoms with Crippen molar-refractivity contribution in [3.8, 4) is 5.75 Å². The first-order chi connectivity index (χ1) is 12.9. The molecule has 0 saturated carbocycles. The van der Waals surface area contributed by atoms with Crippen molar-refractivity contribution in [3.05, 3.63) is 64.7 Å². The van der Waals surface area contributed by atoms with Crippen molar-refractivity contribution in [2.75, 3.05) is 27.2 Å². The molecule has 7 heteroatoms. The maximum atomic E-state index is 14.6. The van der Waals surface area contributed by atoms with E-state index >= 15 is 0 Å². The summed E-state index contributed by atoms with van der Waals surface area (Å²) in [5, 5.41) is 10.9. The third kappa shape index (κ3) is 4.94. The molecule has 0 heterocycles. The van der Waals surface area contributed by atoms with Crippen LogP contribution < -0.4 is 28.7 Å². The fourth-order valence-electron chi connectivity index (χ4n) is 4.05. The average Bonchev–Trinajstić information content (AvgIpc) is 2.61. The van der Waals surface area contributed by atoms with E-state index in [9.17, 15) is 18.7 Å². The van der Waals surface area contributed by atoms with E-state index in [0.29, 0.717) is 12.1 Å². The largest absolute Gasteiger partial charge is 1.00 e. The van der Waals surface area contributed by atoms with Gasteiger partial charge in [0.1, 0.15) is 17.4 Å². The SMILES string of the molecule is COc1ccc2c(c1)CC[C@H](CN(C)CC(=O)[O-])[C@@H]2c1ccc(F)cc1F.[Li+]. The Morgan fingerprint density at radius 2 is 1.93 bits per heavy atom. The molecule has 1 aliphatic rings. The molecule has 28 heavy (non-hydrogen) atoms. The molecule has 0 spiro atoms. The minimum absolute atomic E-state index is 0. The summed E-state index contributed by atoms with van der Waals surface area (Å²) in [5.74, 6) is -1.91. The summed E-state index contributed by atoms with van der Waals surface area (Å²) in [6, 6.07) is 9.35. The van der Waals surface area contributed by atoms with E-state index in [4.69, 9.17) is 4.74 Å². The van der Waals surface area contributed by atoms with Crippen molar-refractivity contribution >= 4 is 5.97 Å². The standard InChI is InChI=1S/C21H23F2NO3.Li/c1-24(12-20(25)26)11-14-4-3-13-9-16(27-2)6-8-17(13)21(14)18-7-5-15(22)10-19(18)23;/h5-10,14,21H,3-4,11-12H2,1-2H3,(H,25,26);/q;+1/p-1/t14-,21+;/m1./s1. The van der Waals surface area contributed by atoms with Crippen LogP contribution in [0.15, 0.2) is 36.4 Å². The molecule has 0 bridgehead atoms. The van der Waals surface area contributed by atoms with Gasteiger partial charge in [0.25, 0.3) is 0 Å². The van der Waals surface area contributed by atoms with Gasteiger partial charge >= 0.3 is 18.9 Å². The van der Waals surface area contributed by atoms with Gasteiger partial charge in [-0.15, -0.1) is 0 Å². The van der Waals surface area contributed by atoms with Gasteiger partial charge in [0.15, 0.2) is 0 Å². The Morgan fingerprint density at radius 3 is 2.57 bits per heavy atom. The molecule has 0 saturated heterocycles. The molecule has 2 aromatic carbocycles. The number of aliphatic carboxylic acids is 1. The molecule has 3 rings (SSSR count). The zero-order valence-corrected chi connectivity index (χ0v) is 16.4. The Bertz CT molecular complexity index is 846. The molecule has 0 fully saturated rings. The van der Waals surface area contributed by atoms with Crippen LogP contribution in [0.25, 0.3) is 0 Å². The molecule has 0 unspecified atom stereocenters. The van der Waals surface area contributed by atoms with E-state index in [1.165, 1.54) is 12.1 Å². The first-order valence-corrected chi connectivity index (χ1v) is 8.89. The zero-order valence-electron chi connectivity index (χ0n) is 16.4. The van der Waals surface area contributed by atoms with Crippen molar-refractivity contribution in [1.29, 1.82) is 0 Å². The summed E-state index contributed by atoms with van der Waals surface area (Å²) in [5.41, 5.74) is 2.47. The van der Waals surface area contributed by atoms with Gasteiger partial charge in [-0.1, -0.05) is 12.1 Å². The molecular formula is C21H22F2LiNO3.